The summed E-state index contributed by atoms with van der Waals surface area (Å²) in [6.07, 6.45) is 5.17. The molecule has 0 radical (unpaired) electrons. The minimum Gasteiger partial charge on any atom is -0.507 e. The number of hydrogen-bond donors (Lipinski definition) is 2. The maximum Gasteiger partial charge on any atom is 0.316 e. The first-order valence-electron chi connectivity index (χ1n) is 11.2. The molecule has 2 aliphatic heterocycles. The van der Waals surface area contributed by atoms with Crippen molar-refractivity contribution < 1.29 is 18.6 Å². The lowest BCUT2D eigenvalue weighted by atomic mass is 9.82. The van der Waals surface area contributed by atoms with E-state index in [4.69, 9.17) is 4.74 Å². The van der Waals surface area contributed by atoms with Gasteiger partial charge < -0.3 is 20.1 Å². The van der Waals surface area contributed by atoms with Gasteiger partial charge >= 0.3 is 6.01 Å². The van der Waals surface area contributed by atoms with Crippen molar-refractivity contribution in [2.45, 2.75) is 50.0 Å². The third-order valence-electron chi connectivity index (χ3n) is 6.62. The molecule has 1 aromatic carbocycles. The molecule has 11 heteroatoms. The first kappa shape index (κ1) is 22.3. The standard InChI is InChI=1S/C23H25F2N7O2/c1-32(17-9-13-4-3-5-16(28-13)20(17)25)19-11-26-22(31-30-19)14-7-6-12(8-18(14)33)21-15(24)10-27-23(29-21)34-2/h6-8,10-11,13,16-17,20,28,33H,3-5,9H2,1-2H3/t13-,16+,17-,20+/m0/s1. The fourth-order valence-corrected chi connectivity index (χ4v) is 4.80. The summed E-state index contributed by atoms with van der Waals surface area (Å²) in [5.74, 6) is -0.151. The second-order valence-electron chi connectivity index (χ2n) is 8.68. The van der Waals surface area contributed by atoms with E-state index in [0.717, 1.165) is 25.5 Å². The van der Waals surface area contributed by atoms with Crippen molar-refractivity contribution in [1.29, 1.82) is 0 Å². The molecule has 2 saturated heterocycles. The number of phenolic OH excluding ortho intramolecular Hbond substituents is 1. The zero-order valence-electron chi connectivity index (χ0n) is 18.8. The SMILES string of the molecule is COc1ncc(F)c(-c2ccc(-c3ncc(N(C)[C@H]4C[C@@H]5CCC[C@@H](N5)[C@H]4F)nn3)c(O)c2)n1. The predicted octanol–water partition coefficient (Wildman–Crippen LogP) is 2.91. The van der Waals surface area contributed by atoms with E-state index in [-0.39, 0.29) is 35.4 Å². The molecule has 2 aliphatic rings. The van der Waals surface area contributed by atoms with Crippen LogP contribution in [0.4, 0.5) is 14.6 Å². The molecule has 3 aromatic rings. The fourth-order valence-electron chi connectivity index (χ4n) is 4.80. The highest BCUT2D eigenvalue weighted by atomic mass is 19.1. The minimum absolute atomic E-state index is 0.00256. The number of halogens is 2. The molecule has 0 unspecified atom stereocenters. The van der Waals surface area contributed by atoms with Crippen LogP contribution in [0.25, 0.3) is 22.6 Å². The third kappa shape index (κ3) is 4.11. The molecule has 2 fully saturated rings. The summed E-state index contributed by atoms with van der Waals surface area (Å²) < 4.78 is 34.2. The van der Waals surface area contributed by atoms with Gasteiger partial charge in [0.2, 0.25) is 0 Å². The largest absolute Gasteiger partial charge is 0.507 e. The minimum atomic E-state index is -1.000. The van der Waals surface area contributed by atoms with Gasteiger partial charge in [-0.2, -0.15) is 4.98 Å². The molecule has 2 N–H and O–H groups in total. The van der Waals surface area contributed by atoms with Crippen LogP contribution in [0.15, 0.2) is 30.6 Å². The van der Waals surface area contributed by atoms with Gasteiger partial charge in [0.05, 0.1) is 31.1 Å². The lowest BCUT2D eigenvalue weighted by Gasteiger charge is -2.45. The zero-order chi connectivity index (χ0) is 23.8. The van der Waals surface area contributed by atoms with Crippen LogP contribution < -0.4 is 15.0 Å². The molecule has 0 saturated carbocycles. The van der Waals surface area contributed by atoms with Gasteiger partial charge in [-0.1, -0.05) is 12.5 Å². The van der Waals surface area contributed by atoms with E-state index in [1.54, 1.807) is 24.1 Å². The van der Waals surface area contributed by atoms with Crippen molar-refractivity contribution in [3.05, 3.63) is 36.4 Å². The lowest BCUT2D eigenvalue weighted by Crippen LogP contribution is -2.61. The summed E-state index contributed by atoms with van der Waals surface area (Å²) >= 11 is 0. The van der Waals surface area contributed by atoms with Gasteiger partial charge in [0.1, 0.15) is 17.6 Å². The van der Waals surface area contributed by atoms with Crippen molar-refractivity contribution in [3.63, 3.8) is 0 Å². The summed E-state index contributed by atoms with van der Waals surface area (Å²) in [7, 11) is 3.19. The number of piperidine rings is 2. The van der Waals surface area contributed by atoms with Crippen LogP contribution >= 0.6 is 0 Å². The Morgan fingerprint density at radius 3 is 2.76 bits per heavy atom. The monoisotopic (exact) mass is 469 g/mol. The van der Waals surface area contributed by atoms with E-state index >= 15 is 4.39 Å². The van der Waals surface area contributed by atoms with Gasteiger partial charge in [-0.3, -0.25) is 0 Å². The molecule has 0 spiro atoms. The summed E-state index contributed by atoms with van der Waals surface area (Å²) in [6, 6.07) is 4.41. The number of hydrogen-bond acceptors (Lipinski definition) is 9. The number of alkyl halides is 1. The molecular formula is C23H25F2N7O2. The molecule has 0 amide bonds. The molecule has 0 aliphatic carbocycles. The molecule has 4 atom stereocenters. The predicted molar refractivity (Wildman–Crippen MR) is 121 cm³/mol. The number of methoxy groups -OCH3 is 1. The van der Waals surface area contributed by atoms with Crippen LogP contribution in [0, 0.1) is 5.82 Å². The van der Waals surface area contributed by atoms with Gasteiger partial charge in [-0.15, -0.1) is 10.2 Å². The molecule has 2 aromatic heterocycles. The van der Waals surface area contributed by atoms with Crippen LogP contribution in [0.2, 0.25) is 0 Å². The first-order chi connectivity index (χ1) is 16.4. The van der Waals surface area contributed by atoms with Crippen LogP contribution in [0.5, 0.6) is 11.8 Å². The fraction of sp³-hybridized carbons (Fsp3) is 0.435. The van der Waals surface area contributed by atoms with Gasteiger partial charge in [-0.05, 0) is 31.4 Å². The number of benzene rings is 1. The van der Waals surface area contributed by atoms with Crippen LogP contribution in [-0.2, 0) is 0 Å². The second kappa shape index (κ2) is 9.05. The normalized spacial score (nSPS) is 24.0. The van der Waals surface area contributed by atoms with Crippen LogP contribution in [0.1, 0.15) is 25.7 Å². The third-order valence-corrected chi connectivity index (χ3v) is 6.62. The van der Waals surface area contributed by atoms with Crippen molar-refractivity contribution in [3.8, 4) is 34.4 Å². The van der Waals surface area contributed by atoms with E-state index in [1.807, 2.05) is 0 Å². The highest BCUT2D eigenvalue weighted by molar-refractivity contribution is 5.71. The molecule has 5 rings (SSSR count). The molecular weight excluding hydrogens is 444 g/mol. The number of nitrogens with zero attached hydrogens (tertiary/aromatic N) is 6. The summed E-state index contributed by atoms with van der Waals surface area (Å²) in [4.78, 5) is 13.9. The van der Waals surface area contributed by atoms with Gasteiger partial charge in [-0.25, -0.2) is 18.7 Å². The Balaban J connectivity index is 1.36. The maximum atomic E-state index is 15.1. The Morgan fingerprint density at radius 2 is 2.03 bits per heavy atom. The molecule has 4 heterocycles. The topological polar surface area (TPSA) is 109 Å². The van der Waals surface area contributed by atoms with E-state index in [9.17, 15) is 9.50 Å². The Hall–Kier alpha value is -3.47. The van der Waals surface area contributed by atoms with E-state index < -0.39 is 12.0 Å². The quantitative estimate of drug-likeness (QED) is 0.583. The maximum absolute atomic E-state index is 15.1. The number of ether oxygens (including phenoxy) is 1. The van der Waals surface area contributed by atoms with Crippen molar-refractivity contribution >= 4 is 5.82 Å². The van der Waals surface area contributed by atoms with E-state index in [1.165, 1.54) is 19.4 Å². The summed E-state index contributed by atoms with van der Waals surface area (Å²) in [5.41, 5.74) is 0.665. The Morgan fingerprint density at radius 1 is 1.18 bits per heavy atom. The summed E-state index contributed by atoms with van der Waals surface area (Å²) in [6.45, 7) is 0. The molecule has 178 valence electrons. The number of aromatic nitrogens is 5. The second-order valence-corrected chi connectivity index (χ2v) is 8.68. The number of anilines is 1. The highest BCUT2D eigenvalue weighted by Crippen LogP contribution is 2.34. The van der Waals surface area contributed by atoms with Crippen LogP contribution in [-0.4, -0.2) is 68.7 Å². The molecule has 2 bridgehead atoms. The van der Waals surface area contributed by atoms with Crippen molar-refractivity contribution in [2.24, 2.45) is 0 Å². The smallest absolute Gasteiger partial charge is 0.316 e. The van der Waals surface area contributed by atoms with E-state index in [2.05, 4.69) is 30.5 Å². The average molecular weight is 469 g/mol. The first-order valence-corrected chi connectivity index (χ1v) is 11.2. The number of phenols is 1. The number of rotatable bonds is 5. The zero-order valence-corrected chi connectivity index (χ0v) is 18.8. The van der Waals surface area contributed by atoms with Crippen molar-refractivity contribution in [2.75, 3.05) is 19.1 Å². The Kier molecular flexibility index (Phi) is 5.94. The average Bonchev–Trinajstić information content (AvgIpc) is 2.86. The number of aromatic hydroxyl groups is 1. The van der Waals surface area contributed by atoms with Gasteiger partial charge in [0.25, 0.3) is 0 Å². The van der Waals surface area contributed by atoms with E-state index in [0.29, 0.717) is 29.4 Å². The molecule has 9 nitrogen and oxygen atoms in total. The number of nitrogens with one attached hydrogen (secondary N) is 1. The van der Waals surface area contributed by atoms with Crippen molar-refractivity contribution in [1.82, 2.24) is 30.5 Å². The highest BCUT2D eigenvalue weighted by Gasteiger charge is 2.42. The van der Waals surface area contributed by atoms with Crippen LogP contribution in [0.3, 0.4) is 0 Å². The molecule has 34 heavy (non-hydrogen) atoms. The van der Waals surface area contributed by atoms with Gasteiger partial charge in [0.15, 0.2) is 17.5 Å². The van der Waals surface area contributed by atoms with Gasteiger partial charge in [0, 0.05) is 24.7 Å². The Bertz CT molecular complexity index is 1180. The lowest BCUT2D eigenvalue weighted by molar-refractivity contribution is 0.107. The Labute approximate surface area is 195 Å². The summed E-state index contributed by atoms with van der Waals surface area (Å²) in [5, 5.41) is 22.3. The number of fused-ring (bicyclic) bond motifs is 2.